The van der Waals surface area contributed by atoms with Gasteiger partial charge >= 0.3 is 0 Å². The number of aromatic nitrogens is 1. The van der Waals surface area contributed by atoms with Crippen LogP contribution in [0.1, 0.15) is 0 Å². The second-order valence-corrected chi connectivity index (χ2v) is 5.21. The van der Waals surface area contributed by atoms with Crippen LogP contribution in [0.3, 0.4) is 0 Å². The molecule has 6 heteroatoms. The average Bonchev–Trinajstić information content (AvgIpc) is 2.47. The molecular weight excluding hydrogens is 336 g/mol. The van der Waals surface area contributed by atoms with Crippen LogP contribution in [0.4, 0.5) is 5.69 Å². The molecule has 0 saturated heterocycles. The van der Waals surface area contributed by atoms with Crippen molar-refractivity contribution in [2.75, 3.05) is 0 Å². The van der Waals surface area contributed by atoms with E-state index in [1.807, 2.05) is 24.3 Å². The Morgan fingerprint density at radius 3 is 2.71 bits per heavy atom. The first-order valence-electron chi connectivity index (χ1n) is 6.11. The smallest absolute Gasteiger partial charge is 0.295 e. The summed E-state index contributed by atoms with van der Waals surface area (Å²) in [4.78, 5) is 14.7. The molecule has 0 aliphatic carbocycles. The van der Waals surface area contributed by atoms with E-state index in [0.717, 1.165) is 4.47 Å². The van der Waals surface area contributed by atoms with E-state index < -0.39 is 4.92 Å². The molecular formula is C15H9BrN2O3. The van der Waals surface area contributed by atoms with Crippen LogP contribution in [-0.4, -0.2) is 9.91 Å². The van der Waals surface area contributed by atoms with Gasteiger partial charge in [-0.25, -0.2) is 4.98 Å². The predicted molar refractivity (Wildman–Crippen MR) is 82.6 cm³/mol. The SMILES string of the molecule is O=[N+]([O-])c1cccc2c(Oc3cccc(Br)c3)ccnc12. The number of nitro benzene ring substituents is 1. The van der Waals surface area contributed by atoms with Gasteiger partial charge in [0.15, 0.2) is 5.52 Å². The number of nitrogens with zero attached hydrogens (tertiary/aromatic N) is 2. The lowest BCUT2D eigenvalue weighted by Gasteiger charge is -2.08. The normalized spacial score (nSPS) is 10.5. The van der Waals surface area contributed by atoms with Crippen molar-refractivity contribution >= 4 is 32.5 Å². The van der Waals surface area contributed by atoms with Crippen LogP contribution in [-0.2, 0) is 0 Å². The number of ether oxygens (including phenoxy) is 1. The molecule has 1 aromatic heterocycles. The second-order valence-electron chi connectivity index (χ2n) is 4.30. The van der Waals surface area contributed by atoms with E-state index in [-0.39, 0.29) is 5.69 Å². The molecule has 0 spiro atoms. The first kappa shape index (κ1) is 13.5. The largest absolute Gasteiger partial charge is 0.457 e. The van der Waals surface area contributed by atoms with Crippen molar-refractivity contribution in [2.24, 2.45) is 0 Å². The molecule has 3 aromatic rings. The van der Waals surface area contributed by atoms with Crippen LogP contribution in [0, 0.1) is 10.1 Å². The summed E-state index contributed by atoms with van der Waals surface area (Å²) in [6.45, 7) is 0. The highest BCUT2D eigenvalue weighted by Crippen LogP contribution is 2.33. The van der Waals surface area contributed by atoms with E-state index in [1.165, 1.54) is 12.3 Å². The summed E-state index contributed by atoms with van der Waals surface area (Å²) in [6, 6.07) is 13.9. The third kappa shape index (κ3) is 2.71. The molecule has 0 bridgehead atoms. The van der Waals surface area contributed by atoms with E-state index in [4.69, 9.17) is 4.74 Å². The first-order chi connectivity index (χ1) is 10.1. The van der Waals surface area contributed by atoms with Crippen molar-refractivity contribution in [1.29, 1.82) is 0 Å². The van der Waals surface area contributed by atoms with Crippen LogP contribution in [0.5, 0.6) is 11.5 Å². The summed E-state index contributed by atoms with van der Waals surface area (Å²) in [5.41, 5.74) is 0.280. The summed E-state index contributed by atoms with van der Waals surface area (Å²) in [7, 11) is 0. The molecule has 104 valence electrons. The molecule has 1 heterocycles. The van der Waals surface area contributed by atoms with Crippen LogP contribution < -0.4 is 4.74 Å². The lowest BCUT2D eigenvalue weighted by molar-refractivity contribution is -0.383. The molecule has 0 atom stereocenters. The summed E-state index contributed by atoms with van der Waals surface area (Å²) in [5, 5.41) is 11.7. The fraction of sp³-hybridized carbons (Fsp3) is 0. The van der Waals surface area contributed by atoms with Crippen molar-refractivity contribution in [3.8, 4) is 11.5 Å². The van der Waals surface area contributed by atoms with E-state index in [0.29, 0.717) is 22.4 Å². The van der Waals surface area contributed by atoms with Gasteiger partial charge in [0.1, 0.15) is 11.5 Å². The zero-order valence-corrected chi connectivity index (χ0v) is 12.3. The minimum atomic E-state index is -0.446. The third-order valence-corrected chi connectivity index (χ3v) is 3.42. The topological polar surface area (TPSA) is 65.3 Å². The molecule has 0 amide bonds. The fourth-order valence-corrected chi connectivity index (χ4v) is 2.41. The molecule has 0 saturated carbocycles. The quantitative estimate of drug-likeness (QED) is 0.510. The predicted octanol–water partition coefficient (Wildman–Crippen LogP) is 4.70. The maximum Gasteiger partial charge on any atom is 0.295 e. The van der Waals surface area contributed by atoms with Gasteiger partial charge in [-0.2, -0.15) is 0 Å². The Morgan fingerprint density at radius 1 is 1.14 bits per heavy atom. The standard InChI is InChI=1S/C15H9BrN2O3/c16-10-3-1-4-11(9-10)21-14-7-8-17-15-12(14)5-2-6-13(15)18(19)20/h1-9H. The number of nitro groups is 1. The second kappa shape index (κ2) is 5.49. The Kier molecular flexibility index (Phi) is 3.53. The summed E-state index contributed by atoms with van der Waals surface area (Å²) in [5.74, 6) is 1.17. The number of halogens is 1. The Hall–Kier alpha value is -2.47. The molecule has 0 aliphatic rings. The monoisotopic (exact) mass is 344 g/mol. The van der Waals surface area contributed by atoms with Gasteiger partial charge in [-0.15, -0.1) is 0 Å². The van der Waals surface area contributed by atoms with E-state index in [1.54, 1.807) is 18.2 Å². The number of fused-ring (bicyclic) bond motifs is 1. The fourth-order valence-electron chi connectivity index (χ4n) is 2.03. The van der Waals surface area contributed by atoms with Gasteiger partial charge in [0.25, 0.3) is 5.69 Å². The van der Waals surface area contributed by atoms with Crippen LogP contribution >= 0.6 is 15.9 Å². The number of pyridine rings is 1. The Labute approximate surface area is 128 Å². The van der Waals surface area contributed by atoms with Crippen LogP contribution in [0.2, 0.25) is 0 Å². The molecule has 2 aromatic carbocycles. The van der Waals surface area contributed by atoms with Gasteiger partial charge in [-0.1, -0.05) is 28.1 Å². The van der Waals surface area contributed by atoms with Gasteiger partial charge in [-0.05, 0) is 30.3 Å². The van der Waals surface area contributed by atoms with E-state index in [9.17, 15) is 10.1 Å². The van der Waals surface area contributed by atoms with Gasteiger partial charge in [0.05, 0.1) is 4.92 Å². The molecule has 3 rings (SSSR count). The van der Waals surface area contributed by atoms with Crippen molar-refractivity contribution < 1.29 is 9.66 Å². The van der Waals surface area contributed by atoms with Crippen molar-refractivity contribution in [1.82, 2.24) is 4.98 Å². The molecule has 0 N–H and O–H groups in total. The number of para-hydroxylation sites is 1. The Bertz CT molecular complexity index is 836. The highest BCUT2D eigenvalue weighted by molar-refractivity contribution is 9.10. The molecule has 0 aliphatic heterocycles. The van der Waals surface area contributed by atoms with Crippen molar-refractivity contribution in [2.45, 2.75) is 0 Å². The molecule has 0 radical (unpaired) electrons. The minimum Gasteiger partial charge on any atom is -0.457 e. The maximum absolute atomic E-state index is 11.0. The van der Waals surface area contributed by atoms with Crippen molar-refractivity contribution in [3.05, 3.63) is 69.3 Å². The highest BCUT2D eigenvalue weighted by Gasteiger charge is 2.15. The number of rotatable bonds is 3. The van der Waals surface area contributed by atoms with E-state index in [2.05, 4.69) is 20.9 Å². The van der Waals surface area contributed by atoms with Gasteiger partial charge < -0.3 is 4.74 Å². The van der Waals surface area contributed by atoms with Gasteiger partial charge in [0.2, 0.25) is 0 Å². The first-order valence-corrected chi connectivity index (χ1v) is 6.90. The Balaban J connectivity index is 2.11. The highest BCUT2D eigenvalue weighted by atomic mass is 79.9. The number of benzene rings is 2. The minimum absolute atomic E-state index is 0.0350. The summed E-state index contributed by atoms with van der Waals surface area (Å²) >= 11 is 3.37. The van der Waals surface area contributed by atoms with Crippen LogP contribution in [0.25, 0.3) is 10.9 Å². The molecule has 0 fully saturated rings. The maximum atomic E-state index is 11.0. The zero-order valence-electron chi connectivity index (χ0n) is 10.7. The lowest BCUT2D eigenvalue weighted by atomic mass is 10.2. The summed E-state index contributed by atoms with van der Waals surface area (Å²) < 4.78 is 6.71. The van der Waals surface area contributed by atoms with Crippen LogP contribution in [0.15, 0.2) is 59.2 Å². The number of hydrogen-bond acceptors (Lipinski definition) is 4. The number of hydrogen-bond donors (Lipinski definition) is 0. The van der Waals surface area contributed by atoms with Gasteiger partial charge in [0, 0.05) is 22.1 Å². The van der Waals surface area contributed by atoms with E-state index >= 15 is 0 Å². The number of non-ortho nitro benzene ring substituents is 1. The zero-order chi connectivity index (χ0) is 14.8. The third-order valence-electron chi connectivity index (χ3n) is 2.93. The van der Waals surface area contributed by atoms with Gasteiger partial charge in [-0.3, -0.25) is 10.1 Å². The molecule has 5 nitrogen and oxygen atoms in total. The van der Waals surface area contributed by atoms with Crippen molar-refractivity contribution in [3.63, 3.8) is 0 Å². The molecule has 0 unspecified atom stereocenters. The average molecular weight is 345 g/mol. The Morgan fingerprint density at radius 2 is 1.95 bits per heavy atom. The summed E-state index contributed by atoms with van der Waals surface area (Å²) in [6.07, 6.45) is 1.50. The molecule has 21 heavy (non-hydrogen) atoms. The lowest BCUT2D eigenvalue weighted by Crippen LogP contribution is -1.93.